The summed E-state index contributed by atoms with van der Waals surface area (Å²) in [5, 5.41) is 9.23. The molecule has 17 heavy (non-hydrogen) atoms. The lowest BCUT2D eigenvalue weighted by molar-refractivity contribution is -0.140. The summed E-state index contributed by atoms with van der Waals surface area (Å²) >= 11 is 0. The number of aryl methyl sites for hydroxylation is 1. The molecule has 2 aromatic rings. The zero-order chi connectivity index (χ0) is 12.2. The summed E-state index contributed by atoms with van der Waals surface area (Å²) in [5.41, 5.74) is 0.411. The molecule has 0 aliphatic heterocycles. The number of carboxylic acids is 1. The third kappa shape index (κ3) is 1.28. The quantitative estimate of drug-likeness (QED) is 0.862. The first-order chi connectivity index (χ1) is 8.04. The number of aliphatic carboxylic acids is 1. The smallest absolute Gasteiger partial charge is 0.317 e. The van der Waals surface area contributed by atoms with Crippen molar-refractivity contribution >= 4 is 17.0 Å². The highest BCUT2D eigenvalue weighted by Gasteiger charge is 2.55. The number of halogens is 1. The van der Waals surface area contributed by atoms with Crippen LogP contribution in [0.25, 0.3) is 11.0 Å². The number of carboxylic acid groups (broad SMARTS) is 1. The average Bonchev–Trinajstić information content (AvgIpc) is 3.02. The van der Waals surface area contributed by atoms with Gasteiger partial charge in [0.1, 0.15) is 17.1 Å². The summed E-state index contributed by atoms with van der Waals surface area (Å²) < 4.78 is 14.8. The maximum atomic E-state index is 13.1. The van der Waals surface area contributed by atoms with E-state index in [0.717, 1.165) is 0 Å². The van der Waals surface area contributed by atoms with Gasteiger partial charge in [0.25, 0.3) is 0 Å². The molecule has 1 aliphatic carbocycles. The van der Waals surface area contributed by atoms with Crippen LogP contribution < -0.4 is 0 Å². The summed E-state index contributed by atoms with van der Waals surface area (Å²) in [6, 6.07) is 4.29. The van der Waals surface area contributed by atoms with Crippen LogP contribution in [0.5, 0.6) is 0 Å². The first-order valence-corrected chi connectivity index (χ1v) is 5.40. The van der Waals surface area contributed by atoms with Crippen LogP contribution in [-0.4, -0.2) is 20.6 Å². The molecule has 0 unspecified atom stereocenters. The van der Waals surface area contributed by atoms with E-state index < -0.39 is 11.4 Å². The fourth-order valence-corrected chi connectivity index (χ4v) is 2.25. The van der Waals surface area contributed by atoms with Crippen LogP contribution in [0.3, 0.4) is 0 Å². The van der Waals surface area contributed by atoms with Crippen molar-refractivity contribution in [2.24, 2.45) is 7.05 Å². The minimum atomic E-state index is -0.857. The molecular weight excluding hydrogens is 223 g/mol. The summed E-state index contributed by atoms with van der Waals surface area (Å²) in [7, 11) is 1.73. The number of rotatable bonds is 2. The maximum absolute atomic E-state index is 13.1. The van der Waals surface area contributed by atoms with Gasteiger partial charge in [-0.2, -0.15) is 0 Å². The van der Waals surface area contributed by atoms with Gasteiger partial charge in [-0.25, -0.2) is 9.37 Å². The number of benzene rings is 1. The highest BCUT2D eigenvalue weighted by Crippen LogP contribution is 2.48. The summed E-state index contributed by atoms with van der Waals surface area (Å²) in [6.45, 7) is 0. The Morgan fingerprint density at radius 3 is 2.82 bits per heavy atom. The molecule has 5 heteroatoms. The van der Waals surface area contributed by atoms with Gasteiger partial charge in [-0.05, 0) is 31.0 Å². The standard InChI is InChI=1S/C12H11FN2O2/c1-15-9-6-7(13)2-3-8(9)14-10(15)12(4-5-12)11(16)17/h2-3,6H,4-5H2,1H3,(H,16,17). The van der Waals surface area contributed by atoms with E-state index >= 15 is 0 Å². The second kappa shape index (κ2) is 3.06. The number of nitrogens with zero attached hydrogens (tertiary/aromatic N) is 2. The highest BCUT2D eigenvalue weighted by atomic mass is 19.1. The molecule has 88 valence electrons. The van der Waals surface area contributed by atoms with Crippen LogP contribution in [0.4, 0.5) is 4.39 Å². The number of hydrogen-bond donors (Lipinski definition) is 1. The minimum absolute atomic E-state index is 0.341. The number of carbonyl (C=O) groups is 1. The van der Waals surface area contributed by atoms with Crippen molar-refractivity contribution in [3.05, 3.63) is 29.8 Å². The van der Waals surface area contributed by atoms with Gasteiger partial charge in [-0.1, -0.05) is 0 Å². The van der Waals surface area contributed by atoms with Crippen LogP contribution in [0.15, 0.2) is 18.2 Å². The number of hydrogen-bond acceptors (Lipinski definition) is 2. The number of fused-ring (bicyclic) bond motifs is 1. The van der Waals surface area contributed by atoms with Crippen LogP contribution in [-0.2, 0) is 17.3 Å². The molecule has 1 heterocycles. The molecule has 4 nitrogen and oxygen atoms in total. The molecule has 3 rings (SSSR count). The molecule has 1 saturated carbocycles. The molecule has 1 aromatic carbocycles. The molecule has 0 amide bonds. The van der Waals surface area contributed by atoms with Crippen molar-refractivity contribution in [1.29, 1.82) is 0 Å². The Labute approximate surface area is 96.7 Å². The highest BCUT2D eigenvalue weighted by molar-refractivity contribution is 5.86. The molecule has 1 aliphatic rings. The van der Waals surface area contributed by atoms with Gasteiger partial charge in [0, 0.05) is 7.05 Å². The SMILES string of the molecule is Cn1c(C2(C(=O)O)CC2)nc2ccc(F)cc21. The summed E-state index contributed by atoms with van der Waals surface area (Å²) in [6.07, 6.45) is 1.20. The van der Waals surface area contributed by atoms with Gasteiger partial charge in [-0.3, -0.25) is 4.79 Å². The minimum Gasteiger partial charge on any atom is -0.480 e. The Bertz CT molecular complexity index is 629. The van der Waals surface area contributed by atoms with Crippen LogP contribution >= 0.6 is 0 Å². The molecule has 0 saturated heterocycles. The van der Waals surface area contributed by atoms with Gasteiger partial charge >= 0.3 is 5.97 Å². The predicted octanol–water partition coefficient (Wildman–Crippen LogP) is 1.83. The second-order valence-electron chi connectivity index (χ2n) is 4.51. The predicted molar refractivity (Wildman–Crippen MR) is 59.2 cm³/mol. The van der Waals surface area contributed by atoms with Gasteiger partial charge in [0.2, 0.25) is 0 Å². The van der Waals surface area contributed by atoms with Gasteiger partial charge in [-0.15, -0.1) is 0 Å². The Morgan fingerprint density at radius 2 is 2.24 bits per heavy atom. The van der Waals surface area contributed by atoms with E-state index in [2.05, 4.69) is 4.98 Å². The second-order valence-corrected chi connectivity index (χ2v) is 4.51. The van der Waals surface area contributed by atoms with E-state index in [1.165, 1.54) is 12.1 Å². The summed E-state index contributed by atoms with van der Waals surface area (Å²) in [4.78, 5) is 15.6. The lowest BCUT2D eigenvalue weighted by atomic mass is 10.1. The van der Waals surface area contributed by atoms with Gasteiger partial charge in [0.15, 0.2) is 0 Å². The number of aromatic nitrogens is 2. The van der Waals surface area contributed by atoms with Gasteiger partial charge < -0.3 is 9.67 Å². The van der Waals surface area contributed by atoms with E-state index in [1.807, 2.05) is 0 Å². The van der Waals surface area contributed by atoms with E-state index in [-0.39, 0.29) is 5.82 Å². The maximum Gasteiger partial charge on any atom is 0.317 e. The first kappa shape index (κ1) is 10.3. The Morgan fingerprint density at radius 1 is 1.53 bits per heavy atom. The molecule has 1 N–H and O–H groups in total. The van der Waals surface area contributed by atoms with E-state index in [9.17, 15) is 14.3 Å². The van der Waals surface area contributed by atoms with Crippen molar-refractivity contribution < 1.29 is 14.3 Å². The topological polar surface area (TPSA) is 55.1 Å². The fourth-order valence-electron chi connectivity index (χ4n) is 2.25. The monoisotopic (exact) mass is 234 g/mol. The largest absolute Gasteiger partial charge is 0.480 e. The van der Waals surface area contributed by atoms with Crippen molar-refractivity contribution in [2.75, 3.05) is 0 Å². The zero-order valence-corrected chi connectivity index (χ0v) is 9.27. The zero-order valence-electron chi connectivity index (χ0n) is 9.27. The van der Waals surface area contributed by atoms with Gasteiger partial charge in [0.05, 0.1) is 11.0 Å². The number of imidazole rings is 1. The lowest BCUT2D eigenvalue weighted by Gasteiger charge is -2.09. The van der Waals surface area contributed by atoms with E-state index in [1.54, 1.807) is 17.7 Å². The molecular formula is C12H11FN2O2. The average molecular weight is 234 g/mol. The Hall–Kier alpha value is -1.91. The van der Waals surface area contributed by atoms with Crippen molar-refractivity contribution in [3.8, 4) is 0 Å². The molecule has 0 spiro atoms. The third-order valence-electron chi connectivity index (χ3n) is 3.43. The first-order valence-electron chi connectivity index (χ1n) is 5.40. The van der Waals surface area contributed by atoms with Crippen molar-refractivity contribution in [1.82, 2.24) is 9.55 Å². The molecule has 1 aromatic heterocycles. The summed E-state index contributed by atoms with van der Waals surface area (Å²) in [5.74, 6) is -0.672. The Balaban J connectivity index is 2.25. The molecule has 0 radical (unpaired) electrons. The molecule has 0 bridgehead atoms. The van der Waals surface area contributed by atoms with Crippen molar-refractivity contribution in [3.63, 3.8) is 0 Å². The normalized spacial score (nSPS) is 17.3. The molecule has 1 fully saturated rings. The van der Waals surface area contributed by atoms with E-state index in [4.69, 9.17) is 0 Å². The van der Waals surface area contributed by atoms with Crippen LogP contribution in [0.2, 0.25) is 0 Å². The van der Waals surface area contributed by atoms with Crippen molar-refractivity contribution in [2.45, 2.75) is 18.3 Å². The van der Waals surface area contributed by atoms with Crippen LogP contribution in [0.1, 0.15) is 18.7 Å². The Kier molecular flexibility index (Phi) is 1.85. The lowest BCUT2D eigenvalue weighted by Crippen LogP contribution is -2.23. The molecule has 0 atom stereocenters. The fraction of sp³-hybridized carbons (Fsp3) is 0.333. The van der Waals surface area contributed by atoms with E-state index in [0.29, 0.717) is 29.7 Å². The third-order valence-corrected chi connectivity index (χ3v) is 3.43. The van der Waals surface area contributed by atoms with Crippen LogP contribution in [0, 0.1) is 5.82 Å².